The van der Waals surface area contributed by atoms with Crippen LogP contribution >= 0.6 is 0 Å². The van der Waals surface area contributed by atoms with E-state index in [2.05, 4.69) is 0 Å². The summed E-state index contributed by atoms with van der Waals surface area (Å²) >= 11 is 0. The predicted molar refractivity (Wildman–Crippen MR) is 119 cm³/mol. The van der Waals surface area contributed by atoms with Crippen molar-refractivity contribution in [1.82, 2.24) is 4.90 Å². The Morgan fingerprint density at radius 2 is 1.94 bits per heavy atom. The highest BCUT2D eigenvalue weighted by Gasteiger charge is 2.46. The monoisotopic (exact) mass is 449 g/mol. The van der Waals surface area contributed by atoms with E-state index in [-0.39, 0.29) is 29.4 Å². The molecule has 1 atom stereocenters. The highest BCUT2D eigenvalue weighted by Crippen LogP contribution is 2.42. The zero-order valence-electron chi connectivity index (χ0n) is 18.1. The molecular formula is C25H23NO7. The fourth-order valence-corrected chi connectivity index (χ4v) is 3.88. The highest BCUT2D eigenvalue weighted by atomic mass is 16.5. The Hall–Kier alpha value is -4.20. The Morgan fingerprint density at radius 1 is 1.12 bits per heavy atom. The number of likely N-dealkylation sites (tertiary alicyclic amines) is 1. The maximum absolute atomic E-state index is 13.1. The normalized spacial score (nSPS) is 17.4. The lowest BCUT2D eigenvalue weighted by Crippen LogP contribution is -2.29. The molecule has 0 radical (unpaired) electrons. The number of ether oxygens (including phenoxy) is 2. The average Bonchev–Trinajstić information content (AvgIpc) is 3.42. The largest absolute Gasteiger partial charge is 0.507 e. The second-order valence-corrected chi connectivity index (χ2v) is 7.40. The molecule has 0 spiro atoms. The molecule has 0 saturated carbocycles. The van der Waals surface area contributed by atoms with Gasteiger partial charge in [0.2, 0.25) is 0 Å². The van der Waals surface area contributed by atoms with Crippen LogP contribution in [-0.2, 0) is 16.1 Å². The van der Waals surface area contributed by atoms with Crippen LogP contribution in [-0.4, -0.2) is 40.5 Å². The molecule has 2 heterocycles. The van der Waals surface area contributed by atoms with E-state index in [1.165, 1.54) is 30.4 Å². The molecule has 1 aromatic heterocycles. The molecule has 0 aliphatic carbocycles. The molecule has 170 valence electrons. The molecule has 1 aliphatic heterocycles. The minimum Gasteiger partial charge on any atom is -0.507 e. The van der Waals surface area contributed by atoms with Gasteiger partial charge in [-0.15, -0.1) is 0 Å². The zero-order chi connectivity index (χ0) is 23.5. The van der Waals surface area contributed by atoms with Gasteiger partial charge >= 0.3 is 0 Å². The van der Waals surface area contributed by atoms with Crippen molar-refractivity contribution in [2.24, 2.45) is 0 Å². The Bertz CT molecular complexity index is 1210. The lowest BCUT2D eigenvalue weighted by atomic mass is 9.95. The number of amides is 1. The van der Waals surface area contributed by atoms with Gasteiger partial charge in [-0.2, -0.15) is 0 Å². The Balaban J connectivity index is 1.88. The average molecular weight is 449 g/mol. The molecule has 33 heavy (non-hydrogen) atoms. The number of rotatable bonds is 7. The van der Waals surface area contributed by atoms with Gasteiger partial charge in [-0.3, -0.25) is 9.59 Å². The Kier molecular flexibility index (Phi) is 6.08. The molecule has 8 heteroatoms. The van der Waals surface area contributed by atoms with E-state index in [0.29, 0.717) is 29.2 Å². The zero-order valence-corrected chi connectivity index (χ0v) is 18.1. The first kappa shape index (κ1) is 22.0. The second-order valence-electron chi connectivity index (χ2n) is 7.40. The highest BCUT2D eigenvalue weighted by molar-refractivity contribution is 6.46. The number of aromatic hydroxyl groups is 1. The standard InChI is InChI=1S/C25H23NO7/c1-3-32-17-7-4-6-16(12-17)23(28)21-22(15-9-10-19(27)20(13-15)31-2)26(25(30)24(21)29)14-18-8-5-11-33-18/h4-13,22,27-28H,3,14H2,1-2H3. The van der Waals surface area contributed by atoms with Gasteiger partial charge in [-0.05, 0) is 48.9 Å². The number of carbonyl (C=O) groups is 2. The van der Waals surface area contributed by atoms with E-state index in [0.717, 1.165) is 0 Å². The van der Waals surface area contributed by atoms with E-state index in [1.54, 1.807) is 42.5 Å². The first-order chi connectivity index (χ1) is 15.9. The number of furan rings is 1. The predicted octanol–water partition coefficient (Wildman–Crippen LogP) is 4.01. The third-order valence-corrected chi connectivity index (χ3v) is 5.38. The minimum atomic E-state index is -0.930. The fourth-order valence-electron chi connectivity index (χ4n) is 3.88. The van der Waals surface area contributed by atoms with Gasteiger partial charge < -0.3 is 29.0 Å². The van der Waals surface area contributed by atoms with Crippen LogP contribution in [0.2, 0.25) is 0 Å². The number of ketones is 1. The lowest BCUT2D eigenvalue weighted by molar-refractivity contribution is -0.140. The van der Waals surface area contributed by atoms with Crippen LogP contribution in [0.1, 0.15) is 29.9 Å². The summed E-state index contributed by atoms with van der Waals surface area (Å²) in [5.41, 5.74) is 0.749. The second kappa shape index (κ2) is 9.12. The summed E-state index contributed by atoms with van der Waals surface area (Å²) in [4.78, 5) is 27.5. The van der Waals surface area contributed by atoms with E-state index in [9.17, 15) is 19.8 Å². The summed E-state index contributed by atoms with van der Waals surface area (Å²) in [6, 6.07) is 13.6. The molecular weight excluding hydrogens is 426 g/mol. The topological polar surface area (TPSA) is 109 Å². The number of aliphatic hydroxyl groups is 1. The molecule has 2 N–H and O–H groups in total. The number of nitrogens with zero attached hydrogens (tertiary/aromatic N) is 1. The summed E-state index contributed by atoms with van der Waals surface area (Å²) in [6.07, 6.45) is 1.48. The van der Waals surface area contributed by atoms with Crippen LogP contribution in [0.15, 0.2) is 70.9 Å². The fraction of sp³-hybridized carbons (Fsp3) is 0.200. The number of methoxy groups -OCH3 is 1. The summed E-state index contributed by atoms with van der Waals surface area (Å²) < 4.78 is 16.1. The van der Waals surface area contributed by atoms with Gasteiger partial charge in [0.1, 0.15) is 17.3 Å². The van der Waals surface area contributed by atoms with Crippen molar-refractivity contribution >= 4 is 17.4 Å². The maximum atomic E-state index is 13.1. The van der Waals surface area contributed by atoms with E-state index in [1.807, 2.05) is 6.92 Å². The van der Waals surface area contributed by atoms with Crippen molar-refractivity contribution in [2.45, 2.75) is 19.5 Å². The number of hydrogen-bond donors (Lipinski definition) is 2. The molecule has 2 aromatic carbocycles. The van der Waals surface area contributed by atoms with Crippen molar-refractivity contribution in [3.63, 3.8) is 0 Å². The lowest BCUT2D eigenvalue weighted by Gasteiger charge is -2.25. The molecule has 4 rings (SSSR count). The number of phenols is 1. The number of Topliss-reactive ketones (excluding diaryl/α,β-unsaturated/α-hetero) is 1. The molecule has 1 saturated heterocycles. The SMILES string of the molecule is CCOc1cccc(C(O)=C2C(=O)C(=O)N(Cc3ccco3)C2c2ccc(O)c(OC)c2)c1. The Labute approximate surface area is 190 Å². The first-order valence-corrected chi connectivity index (χ1v) is 10.4. The van der Waals surface area contributed by atoms with Gasteiger partial charge in [0.15, 0.2) is 11.5 Å². The van der Waals surface area contributed by atoms with Crippen molar-refractivity contribution in [3.8, 4) is 17.2 Å². The minimum absolute atomic E-state index is 0.0151. The molecule has 1 aliphatic rings. The third-order valence-electron chi connectivity index (χ3n) is 5.38. The Morgan fingerprint density at radius 3 is 2.64 bits per heavy atom. The van der Waals surface area contributed by atoms with Crippen LogP contribution in [0.4, 0.5) is 0 Å². The van der Waals surface area contributed by atoms with Gasteiger partial charge in [-0.25, -0.2) is 0 Å². The van der Waals surface area contributed by atoms with Crippen LogP contribution in [0.3, 0.4) is 0 Å². The number of carbonyl (C=O) groups excluding carboxylic acids is 2. The third kappa shape index (κ3) is 4.15. The summed E-state index contributed by atoms with van der Waals surface area (Å²) in [6.45, 7) is 2.29. The molecule has 1 fully saturated rings. The van der Waals surface area contributed by atoms with E-state index >= 15 is 0 Å². The van der Waals surface area contributed by atoms with Crippen molar-refractivity contribution in [3.05, 3.63) is 83.3 Å². The van der Waals surface area contributed by atoms with Crippen LogP contribution in [0.25, 0.3) is 5.76 Å². The van der Waals surface area contributed by atoms with E-state index in [4.69, 9.17) is 13.9 Å². The van der Waals surface area contributed by atoms with E-state index < -0.39 is 17.7 Å². The number of hydrogen-bond acceptors (Lipinski definition) is 7. The number of benzene rings is 2. The number of aliphatic hydroxyl groups excluding tert-OH is 1. The molecule has 3 aromatic rings. The maximum Gasteiger partial charge on any atom is 0.296 e. The summed E-state index contributed by atoms with van der Waals surface area (Å²) in [7, 11) is 1.40. The smallest absolute Gasteiger partial charge is 0.296 e. The van der Waals surface area contributed by atoms with Gasteiger partial charge in [0, 0.05) is 5.56 Å². The molecule has 1 amide bonds. The van der Waals surface area contributed by atoms with Crippen LogP contribution in [0.5, 0.6) is 17.2 Å². The van der Waals surface area contributed by atoms with Gasteiger partial charge in [0.05, 0.1) is 38.1 Å². The van der Waals surface area contributed by atoms with Gasteiger partial charge in [0.25, 0.3) is 11.7 Å². The van der Waals surface area contributed by atoms with Crippen molar-refractivity contribution < 1.29 is 33.7 Å². The van der Waals surface area contributed by atoms with Crippen molar-refractivity contribution in [2.75, 3.05) is 13.7 Å². The molecule has 1 unspecified atom stereocenters. The quantitative estimate of drug-likeness (QED) is 0.319. The summed E-state index contributed by atoms with van der Waals surface area (Å²) in [5.74, 6) is -0.832. The first-order valence-electron chi connectivity index (χ1n) is 10.4. The van der Waals surface area contributed by atoms with Crippen LogP contribution in [0, 0.1) is 0 Å². The number of phenolic OH excluding ortho intramolecular Hbond substituents is 1. The molecule has 8 nitrogen and oxygen atoms in total. The van der Waals surface area contributed by atoms with Gasteiger partial charge in [-0.1, -0.05) is 18.2 Å². The van der Waals surface area contributed by atoms with Crippen LogP contribution < -0.4 is 9.47 Å². The molecule has 0 bridgehead atoms. The summed E-state index contributed by atoms with van der Waals surface area (Å²) in [5, 5.41) is 21.2. The van der Waals surface area contributed by atoms with Crippen molar-refractivity contribution in [1.29, 1.82) is 0 Å².